The van der Waals surface area contributed by atoms with Gasteiger partial charge in [-0.15, -0.1) is 0 Å². The van der Waals surface area contributed by atoms with E-state index in [0.29, 0.717) is 5.56 Å². The number of aromatic amines is 1. The minimum absolute atomic E-state index is 0.130. The third-order valence-electron chi connectivity index (χ3n) is 2.23. The standard InChI is InChI=1S/C10H6F5N3/c11-5-6(12)8(14)10(9(15)7(5)13)16-1-4-2-17-18-3-4/h2-3,16H,1H2,(H,17,18). The lowest BCUT2D eigenvalue weighted by molar-refractivity contribution is 0.381. The van der Waals surface area contributed by atoms with Gasteiger partial charge in [0, 0.05) is 18.3 Å². The summed E-state index contributed by atoms with van der Waals surface area (Å²) in [7, 11) is 0. The first-order valence-electron chi connectivity index (χ1n) is 4.75. The van der Waals surface area contributed by atoms with E-state index in [4.69, 9.17) is 0 Å². The second-order valence-corrected chi connectivity index (χ2v) is 3.41. The lowest BCUT2D eigenvalue weighted by atomic mass is 10.2. The molecule has 0 bridgehead atoms. The van der Waals surface area contributed by atoms with Gasteiger partial charge in [0.05, 0.1) is 6.20 Å². The summed E-state index contributed by atoms with van der Waals surface area (Å²) in [6, 6.07) is 0. The van der Waals surface area contributed by atoms with Crippen molar-refractivity contribution in [2.24, 2.45) is 0 Å². The highest BCUT2D eigenvalue weighted by molar-refractivity contribution is 5.48. The summed E-state index contributed by atoms with van der Waals surface area (Å²) >= 11 is 0. The zero-order chi connectivity index (χ0) is 13.3. The Hall–Kier alpha value is -2.12. The van der Waals surface area contributed by atoms with Crippen molar-refractivity contribution in [3.63, 3.8) is 0 Å². The highest BCUT2D eigenvalue weighted by Crippen LogP contribution is 2.27. The van der Waals surface area contributed by atoms with E-state index in [2.05, 4.69) is 15.5 Å². The van der Waals surface area contributed by atoms with Crippen molar-refractivity contribution in [1.82, 2.24) is 10.2 Å². The van der Waals surface area contributed by atoms with Gasteiger partial charge < -0.3 is 5.32 Å². The molecule has 0 amide bonds. The van der Waals surface area contributed by atoms with E-state index in [0.717, 1.165) is 0 Å². The first kappa shape index (κ1) is 12.3. The zero-order valence-electron chi connectivity index (χ0n) is 8.70. The van der Waals surface area contributed by atoms with Crippen molar-refractivity contribution in [2.75, 3.05) is 5.32 Å². The number of hydrogen-bond donors (Lipinski definition) is 2. The molecule has 1 aromatic heterocycles. The van der Waals surface area contributed by atoms with Crippen LogP contribution in [0.1, 0.15) is 5.56 Å². The van der Waals surface area contributed by atoms with Crippen LogP contribution in [0.5, 0.6) is 0 Å². The van der Waals surface area contributed by atoms with Crippen LogP contribution in [-0.4, -0.2) is 10.2 Å². The van der Waals surface area contributed by atoms with Crippen LogP contribution >= 0.6 is 0 Å². The van der Waals surface area contributed by atoms with Gasteiger partial charge in [-0.2, -0.15) is 5.10 Å². The summed E-state index contributed by atoms with van der Waals surface area (Å²) in [5, 5.41) is 8.15. The Morgan fingerprint density at radius 2 is 1.50 bits per heavy atom. The topological polar surface area (TPSA) is 40.7 Å². The summed E-state index contributed by atoms with van der Waals surface area (Å²) in [5.74, 6) is -9.93. The van der Waals surface area contributed by atoms with E-state index in [1.54, 1.807) is 0 Å². The predicted molar refractivity (Wildman–Crippen MR) is 52.1 cm³/mol. The number of aromatic nitrogens is 2. The number of benzene rings is 1. The van der Waals surface area contributed by atoms with Crippen LogP contribution in [0.4, 0.5) is 27.6 Å². The van der Waals surface area contributed by atoms with Gasteiger partial charge in [-0.3, -0.25) is 5.10 Å². The van der Waals surface area contributed by atoms with Crippen molar-refractivity contribution < 1.29 is 22.0 Å². The van der Waals surface area contributed by atoms with E-state index in [-0.39, 0.29) is 6.54 Å². The number of hydrogen-bond acceptors (Lipinski definition) is 2. The zero-order valence-corrected chi connectivity index (χ0v) is 8.70. The third-order valence-corrected chi connectivity index (χ3v) is 2.23. The summed E-state index contributed by atoms with van der Waals surface area (Å²) in [5.41, 5.74) is -0.563. The van der Waals surface area contributed by atoms with Crippen molar-refractivity contribution in [2.45, 2.75) is 6.54 Å². The number of halogens is 5. The van der Waals surface area contributed by atoms with Gasteiger partial charge >= 0.3 is 0 Å². The van der Waals surface area contributed by atoms with Gasteiger partial charge in [0.1, 0.15) is 5.69 Å². The van der Waals surface area contributed by atoms with E-state index >= 15 is 0 Å². The molecular weight excluding hydrogens is 257 g/mol. The molecular formula is C10H6F5N3. The Kier molecular flexibility index (Phi) is 3.17. The largest absolute Gasteiger partial charge is 0.376 e. The van der Waals surface area contributed by atoms with Gasteiger partial charge in [0.25, 0.3) is 0 Å². The molecule has 96 valence electrons. The fourth-order valence-corrected chi connectivity index (χ4v) is 1.32. The number of rotatable bonds is 3. The third kappa shape index (κ3) is 2.01. The Morgan fingerprint density at radius 3 is 2.00 bits per heavy atom. The highest BCUT2D eigenvalue weighted by atomic mass is 19.2. The fraction of sp³-hybridized carbons (Fsp3) is 0.100. The molecule has 1 aromatic carbocycles. The molecule has 2 rings (SSSR count). The summed E-state index contributed by atoms with van der Waals surface area (Å²) in [4.78, 5) is 0. The molecule has 18 heavy (non-hydrogen) atoms. The van der Waals surface area contributed by atoms with Crippen LogP contribution in [0.15, 0.2) is 12.4 Å². The minimum Gasteiger partial charge on any atom is -0.376 e. The van der Waals surface area contributed by atoms with Gasteiger partial charge in [-0.1, -0.05) is 0 Å². The van der Waals surface area contributed by atoms with Crippen LogP contribution in [-0.2, 0) is 6.54 Å². The van der Waals surface area contributed by atoms with Gasteiger partial charge in [-0.05, 0) is 0 Å². The molecule has 8 heteroatoms. The molecule has 1 heterocycles. The molecule has 0 atom stereocenters. The average molecular weight is 263 g/mol. The number of anilines is 1. The van der Waals surface area contributed by atoms with E-state index in [1.165, 1.54) is 12.4 Å². The smallest absolute Gasteiger partial charge is 0.200 e. The molecule has 0 aliphatic carbocycles. The monoisotopic (exact) mass is 263 g/mol. The van der Waals surface area contributed by atoms with Gasteiger partial charge in [0.15, 0.2) is 23.3 Å². The van der Waals surface area contributed by atoms with Gasteiger partial charge in [-0.25, -0.2) is 22.0 Å². The molecule has 0 spiro atoms. The first-order valence-corrected chi connectivity index (χ1v) is 4.75. The van der Waals surface area contributed by atoms with Crippen molar-refractivity contribution in [3.05, 3.63) is 47.0 Å². The highest BCUT2D eigenvalue weighted by Gasteiger charge is 2.25. The molecule has 0 radical (unpaired) electrons. The van der Waals surface area contributed by atoms with Gasteiger partial charge in [0.2, 0.25) is 5.82 Å². The van der Waals surface area contributed by atoms with Crippen LogP contribution in [0.2, 0.25) is 0 Å². The van der Waals surface area contributed by atoms with Crippen molar-refractivity contribution in [1.29, 1.82) is 0 Å². The van der Waals surface area contributed by atoms with Crippen LogP contribution in [0.3, 0.4) is 0 Å². The fourth-order valence-electron chi connectivity index (χ4n) is 1.32. The number of nitrogens with one attached hydrogen (secondary N) is 2. The Balaban J connectivity index is 2.33. The molecule has 0 aliphatic rings. The molecule has 2 N–H and O–H groups in total. The molecule has 0 aliphatic heterocycles. The maximum atomic E-state index is 13.2. The average Bonchev–Trinajstić information content (AvgIpc) is 2.87. The Bertz CT molecular complexity index is 538. The lowest BCUT2D eigenvalue weighted by Gasteiger charge is -2.09. The SMILES string of the molecule is Fc1c(F)c(F)c(NCc2cn[nH]c2)c(F)c1F. The van der Waals surface area contributed by atoms with Crippen molar-refractivity contribution in [3.8, 4) is 0 Å². The van der Waals surface area contributed by atoms with E-state index in [1.807, 2.05) is 0 Å². The molecule has 2 aromatic rings. The van der Waals surface area contributed by atoms with Crippen molar-refractivity contribution >= 4 is 5.69 Å². The minimum atomic E-state index is -2.18. The number of nitrogens with zero attached hydrogens (tertiary/aromatic N) is 1. The van der Waals surface area contributed by atoms with Crippen LogP contribution in [0.25, 0.3) is 0 Å². The van der Waals surface area contributed by atoms with Crippen LogP contribution in [0, 0.1) is 29.1 Å². The maximum absolute atomic E-state index is 13.2. The second kappa shape index (κ2) is 4.63. The summed E-state index contributed by atoms with van der Waals surface area (Å²) in [6.45, 7) is -0.130. The first-order chi connectivity index (χ1) is 8.52. The van der Waals surface area contributed by atoms with Crippen LogP contribution < -0.4 is 5.32 Å². The summed E-state index contributed by atoms with van der Waals surface area (Å²) < 4.78 is 64.9. The Labute approximate surface area is 97.6 Å². The quantitative estimate of drug-likeness (QED) is 0.508. The predicted octanol–water partition coefficient (Wildman–Crippen LogP) is 2.72. The second-order valence-electron chi connectivity index (χ2n) is 3.41. The summed E-state index contributed by atoms with van der Waals surface area (Å²) in [6.07, 6.45) is 2.76. The lowest BCUT2D eigenvalue weighted by Crippen LogP contribution is -2.09. The molecule has 0 fully saturated rings. The normalized spacial score (nSPS) is 10.7. The Morgan fingerprint density at radius 1 is 0.944 bits per heavy atom. The molecule has 3 nitrogen and oxygen atoms in total. The molecule has 0 unspecified atom stereocenters. The van der Waals surface area contributed by atoms with E-state index < -0.39 is 34.8 Å². The molecule has 0 saturated carbocycles. The van der Waals surface area contributed by atoms with E-state index in [9.17, 15) is 22.0 Å². The maximum Gasteiger partial charge on any atom is 0.200 e. The number of H-pyrrole nitrogens is 1. The molecule has 0 saturated heterocycles.